The van der Waals surface area contributed by atoms with Gasteiger partial charge in [-0.3, -0.25) is 4.79 Å². The minimum atomic E-state index is 0. The lowest BCUT2D eigenvalue weighted by molar-refractivity contribution is -0.135. The topological polar surface area (TPSA) is 32.3 Å². The summed E-state index contributed by atoms with van der Waals surface area (Å²) in [6.45, 7) is 8.57. The van der Waals surface area contributed by atoms with Crippen LogP contribution in [0.5, 0.6) is 0 Å². The van der Waals surface area contributed by atoms with Gasteiger partial charge in [0.1, 0.15) is 0 Å². The van der Waals surface area contributed by atoms with Crippen LogP contribution in [0, 0.1) is 17.8 Å². The molecule has 2 fully saturated rings. The Balaban J connectivity index is 0.00000162. The number of carbonyl (C=O) groups excluding carboxylic acids is 1. The number of carbonyl (C=O) groups is 1. The Bertz CT molecular complexity index is 261. The number of amides is 1. The van der Waals surface area contributed by atoms with Crippen LogP contribution >= 0.6 is 12.4 Å². The lowest BCUT2D eigenvalue weighted by atomic mass is 9.98. The molecule has 0 aliphatic carbocycles. The summed E-state index contributed by atoms with van der Waals surface area (Å²) in [4.78, 5) is 14.6. The second-order valence-electron chi connectivity index (χ2n) is 5.67. The summed E-state index contributed by atoms with van der Waals surface area (Å²) in [5.74, 6) is 2.15. The van der Waals surface area contributed by atoms with E-state index in [-0.39, 0.29) is 18.3 Å². The lowest BCUT2D eigenvalue weighted by Gasteiger charge is -2.23. The average Bonchev–Trinajstić information content (AvgIpc) is 2.89. The number of nitrogens with zero attached hydrogens (tertiary/aromatic N) is 1. The molecule has 1 amide bonds. The third kappa shape index (κ3) is 3.39. The van der Waals surface area contributed by atoms with E-state index in [1.54, 1.807) is 0 Å². The van der Waals surface area contributed by atoms with E-state index in [2.05, 4.69) is 24.1 Å². The minimum Gasteiger partial charge on any atom is -0.342 e. The van der Waals surface area contributed by atoms with Crippen molar-refractivity contribution in [2.24, 2.45) is 17.8 Å². The summed E-state index contributed by atoms with van der Waals surface area (Å²) in [7, 11) is 0. The molecule has 2 saturated heterocycles. The van der Waals surface area contributed by atoms with E-state index >= 15 is 0 Å². The van der Waals surface area contributed by atoms with E-state index in [0.29, 0.717) is 5.91 Å². The molecule has 2 rings (SSSR count). The largest absolute Gasteiger partial charge is 0.342 e. The second-order valence-corrected chi connectivity index (χ2v) is 5.67. The zero-order valence-electron chi connectivity index (χ0n) is 11.7. The Morgan fingerprint density at radius 3 is 2.39 bits per heavy atom. The van der Waals surface area contributed by atoms with Gasteiger partial charge >= 0.3 is 0 Å². The number of likely N-dealkylation sites (tertiary alicyclic amines) is 1. The van der Waals surface area contributed by atoms with E-state index in [1.807, 2.05) is 0 Å². The highest BCUT2D eigenvalue weighted by Crippen LogP contribution is 2.28. The highest BCUT2D eigenvalue weighted by Gasteiger charge is 2.39. The predicted octanol–water partition coefficient (Wildman–Crippen LogP) is 2.30. The number of nitrogens with one attached hydrogen (secondary N) is 1. The summed E-state index contributed by atoms with van der Waals surface area (Å²) < 4.78 is 0. The zero-order valence-corrected chi connectivity index (χ0v) is 12.5. The van der Waals surface area contributed by atoms with Gasteiger partial charge in [-0.25, -0.2) is 0 Å². The lowest BCUT2D eigenvalue weighted by Crippen LogP contribution is -2.36. The fourth-order valence-corrected chi connectivity index (χ4v) is 3.25. The molecule has 18 heavy (non-hydrogen) atoms. The number of hydrogen-bond donors (Lipinski definition) is 1. The van der Waals surface area contributed by atoms with Crippen LogP contribution in [-0.4, -0.2) is 37.0 Å². The minimum absolute atomic E-state index is 0. The number of fused-ring (bicyclic) bond motifs is 1. The van der Waals surface area contributed by atoms with Crippen LogP contribution in [0.15, 0.2) is 0 Å². The molecule has 1 N–H and O–H groups in total. The van der Waals surface area contributed by atoms with Gasteiger partial charge in [-0.1, -0.05) is 26.7 Å². The zero-order chi connectivity index (χ0) is 12.3. The maximum atomic E-state index is 12.4. The first-order valence-corrected chi connectivity index (χ1v) is 7.25. The summed E-state index contributed by atoms with van der Waals surface area (Å²) in [5, 5.41) is 3.42. The van der Waals surface area contributed by atoms with Crippen LogP contribution in [0.3, 0.4) is 0 Å². The number of hydrogen-bond acceptors (Lipinski definition) is 2. The molecule has 3 atom stereocenters. The van der Waals surface area contributed by atoms with Gasteiger partial charge in [0.2, 0.25) is 5.91 Å². The molecule has 0 aromatic carbocycles. The van der Waals surface area contributed by atoms with Crippen molar-refractivity contribution in [2.45, 2.75) is 39.5 Å². The molecule has 2 heterocycles. The summed E-state index contributed by atoms with van der Waals surface area (Å²) in [5.41, 5.74) is 0. The maximum Gasteiger partial charge on any atom is 0.225 e. The smallest absolute Gasteiger partial charge is 0.225 e. The van der Waals surface area contributed by atoms with Gasteiger partial charge in [0.05, 0.1) is 0 Å². The van der Waals surface area contributed by atoms with Crippen molar-refractivity contribution in [1.82, 2.24) is 10.2 Å². The molecule has 3 nitrogen and oxygen atoms in total. The average molecular weight is 275 g/mol. The van der Waals surface area contributed by atoms with E-state index in [0.717, 1.165) is 50.9 Å². The molecule has 1 unspecified atom stereocenters. The van der Waals surface area contributed by atoms with Gasteiger partial charge in [-0.15, -0.1) is 12.4 Å². The summed E-state index contributed by atoms with van der Waals surface area (Å²) >= 11 is 0. The number of halogens is 1. The van der Waals surface area contributed by atoms with E-state index in [4.69, 9.17) is 0 Å². The van der Waals surface area contributed by atoms with Gasteiger partial charge in [0, 0.05) is 32.1 Å². The third-order valence-corrected chi connectivity index (χ3v) is 4.45. The van der Waals surface area contributed by atoms with Crippen LogP contribution in [0.2, 0.25) is 0 Å². The molecule has 0 aromatic heterocycles. The summed E-state index contributed by atoms with van der Waals surface area (Å²) in [6.07, 6.45) is 4.46. The predicted molar refractivity (Wildman–Crippen MR) is 77.0 cm³/mol. The molecule has 0 bridgehead atoms. The molecule has 106 valence electrons. The molecule has 0 spiro atoms. The first-order chi connectivity index (χ1) is 8.26. The van der Waals surface area contributed by atoms with Crippen molar-refractivity contribution < 1.29 is 4.79 Å². The second kappa shape index (κ2) is 7.34. The first kappa shape index (κ1) is 15.8. The van der Waals surface area contributed by atoms with Crippen LogP contribution < -0.4 is 5.32 Å². The fraction of sp³-hybridized carbons (Fsp3) is 0.929. The highest BCUT2D eigenvalue weighted by atomic mass is 35.5. The van der Waals surface area contributed by atoms with Crippen LogP contribution in [0.25, 0.3) is 0 Å². The Labute approximate surface area is 117 Å². The van der Waals surface area contributed by atoms with Crippen molar-refractivity contribution in [2.75, 3.05) is 26.2 Å². The molecule has 2 aliphatic heterocycles. The maximum absolute atomic E-state index is 12.4. The van der Waals surface area contributed by atoms with E-state index in [9.17, 15) is 4.79 Å². The standard InChI is InChI=1S/C14H26N2O.ClH/c1-3-5-6-11(4-2)14(17)16-9-12-7-15-8-13(12)10-16;/h11-13,15H,3-10H2,1-2H3;1H/t11?,12-,13+;. The van der Waals surface area contributed by atoms with Crippen molar-refractivity contribution in [1.29, 1.82) is 0 Å². The Hall–Kier alpha value is -0.280. The Morgan fingerprint density at radius 2 is 1.89 bits per heavy atom. The summed E-state index contributed by atoms with van der Waals surface area (Å²) in [6, 6.07) is 0. The van der Waals surface area contributed by atoms with Gasteiger partial charge in [0.15, 0.2) is 0 Å². The normalized spacial score (nSPS) is 27.8. The highest BCUT2D eigenvalue weighted by molar-refractivity contribution is 5.85. The molecular weight excluding hydrogens is 248 g/mol. The van der Waals surface area contributed by atoms with E-state index in [1.165, 1.54) is 12.8 Å². The molecule has 0 aromatic rings. The number of unbranched alkanes of at least 4 members (excludes halogenated alkanes) is 1. The Morgan fingerprint density at radius 1 is 1.28 bits per heavy atom. The van der Waals surface area contributed by atoms with Crippen molar-refractivity contribution in [3.8, 4) is 0 Å². The molecule has 2 aliphatic rings. The van der Waals surface area contributed by atoms with Gasteiger partial charge in [-0.2, -0.15) is 0 Å². The van der Waals surface area contributed by atoms with Crippen LogP contribution in [0.1, 0.15) is 39.5 Å². The van der Waals surface area contributed by atoms with Crippen LogP contribution in [0.4, 0.5) is 0 Å². The molecule has 0 radical (unpaired) electrons. The molecule has 0 saturated carbocycles. The van der Waals surface area contributed by atoms with Crippen molar-refractivity contribution in [3.63, 3.8) is 0 Å². The van der Waals surface area contributed by atoms with E-state index < -0.39 is 0 Å². The Kier molecular flexibility index (Phi) is 6.44. The van der Waals surface area contributed by atoms with Gasteiger partial charge in [-0.05, 0) is 24.7 Å². The first-order valence-electron chi connectivity index (χ1n) is 7.25. The third-order valence-electron chi connectivity index (χ3n) is 4.45. The quantitative estimate of drug-likeness (QED) is 0.834. The molecular formula is C14H27ClN2O. The van der Waals surface area contributed by atoms with Crippen molar-refractivity contribution >= 4 is 18.3 Å². The monoisotopic (exact) mass is 274 g/mol. The van der Waals surface area contributed by atoms with Gasteiger partial charge < -0.3 is 10.2 Å². The number of rotatable bonds is 5. The van der Waals surface area contributed by atoms with Crippen molar-refractivity contribution in [3.05, 3.63) is 0 Å². The van der Waals surface area contributed by atoms with Crippen LogP contribution in [-0.2, 0) is 4.79 Å². The SMILES string of the molecule is CCCCC(CC)C(=O)N1C[C@H]2CNC[C@H]2C1.Cl. The fourth-order valence-electron chi connectivity index (χ4n) is 3.25. The molecule has 4 heteroatoms. The van der Waals surface area contributed by atoms with Gasteiger partial charge in [0.25, 0.3) is 0 Å².